The minimum atomic E-state index is -0.271. The lowest BCUT2D eigenvalue weighted by Gasteiger charge is -2.30. The molecule has 0 amide bonds. The van der Waals surface area contributed by atoms with Gasteiger partial charge < -0.3 is 10.2 Å². The summed E-state index contributed by atoms with van der Waals surface area (Å²) in [4.78, 5) is 11.4. The minimum absolute atomic E-state index is 0.271. The van der Waals surface area contributed by atoms with Crippen LogP contribution in [0.1, 0.15) is 18.4 Å². The Morgan fingerprint density at radius 3 is 2.55 bits per heavy atom. The topological polar surface area (TPSA) is 41.1 Å². The van der Waals surface area contributed by atoms with Crippen LogP contribution in [-0.4, -0.2) is 41.0 Å². The fourth-order valence-corrected chi connectivity index (χ4v) is 4.33. The number of nitrogens with one attached hydrogen (secondary N) is 1. The van der Waals surface area contributed by atoms with Gasteiger partial charge in [-0.3, -0.25) is 9.97 Å². The third-order valence-electron chi connectivity index (χ3n) is 6.11. The van der Waals surface area contributed by atoms with Gasteiger partial charge in [0.15, 0.2) is 0 Å². The molecule has 2 aromatic heterocycles. The van der Waals surface area contributed by atoms with E-state index in [2.05, 4.69) is 50.6 Å². The number of pyridine rings is 2. The van der Waals surface area contributed by atoms with E-state index in [1.807, 2.05) is 30.6 Å². The number of benzene rings is 1. The number of piperazine rings is 1. The monoisotopic (exact) mass is 438 g/mol. The van der Waals surface area contributed by atoms with E-state index in [1.54, 1.807) is 18.3 Å². The van der Waals surface area contributed by atoms with E-state index in [9.17, 15) is 4.39 Å². The summed E-state index contributed by atoms with van der Waals surface area (Å²) in [7, 11) is 0. The number of halogens is 1. The molecule has 0 saturated carbocycles. The summed E-state index contributed by atoms with van der Waals surface area (Å²) < 4.78 is 14.3. The largest absolute Gasteiger partial charge is 0.369 e. The second kappa shape index (κ2) is 9.92. The van der Waals surface area contributed by atoms with E-state index in [1.165, 1.54) is 17.3 Å². The molecule has 166 valence electrons. The number of rotatable bonds is 4. The molecular formula is C28H27FN4. The van der Waals surface area contributed by atoms with Crippen molar-refractivity contribution in [2.45, 2.75) is 12.8 Å². The van der Waals surface area contributed by atoms with E-state index >= 15 is 0 Å². The molecular weight excluding hydrogens is 411 g/mol. The van der Waals surface area contributed by atoms with E-state index in [0.29, 0.717) is 11.3 Å². The summed E-state index contributed by atoms with van der Waals surface area (Å²) in [5.41, 5.74) is 6.63. The molecule has 33 heavy (non-hydrogen) atoms. The van der Waals surface area contributed by atoms with Gasteiger partial charge in [-0.05, 0) is 60.4 Å². The highest BCUT2D eigenvalue weighted by Crippen LogP contribution is 2.29. The molecule has 1 aromatic carbocycles. The van der Waals surface area contributed by atoms with Crippen molar-refractivity contribution >= 4 is 5.57 Å². The van der Waals surface area contributed by atoms with Gasteiger partial charge >= 0.3 is 0 Å². The molecule has 1 fully saturated rings. The fourth-order valence-electron chi connectivity index (χ4n) is 4.33. The van der Waals surface area contributed by atoms with E-state index < -0.39 is 0 Å². The Hall–Kier alpha value is -3.57. The van der Waals surface area contributed by atoms with Crippen molar-refractivity contribution in [3.8, 4) is 22.4 Å². The summed E-state index contributed by atoms with van der Waals surface area (Å²) in [6, 6.07) is 12.7. The van der Waals surface area contributed by atoms with E-state index in [4.69, 9.17) is 0 Å². The van der Waals surface area contributed by atoms with Crippen molar-refractivity contribution < 1.29 is 4.39 Å². The highest BCUT2D eigenvalue weighted by Gasteiger charge is 2.13. The normalized spacial score (nSPS) is 16.6. The van der Waals surface area contributed by atoms with Crippen LogP contribution >= 0.6 is 0 Å². The molecule has 0 unspecified atom stereocenters. The first-order valence-corrected chi connectivity index (χ1v) is 11.5. The number of aromatic nitrogens is 2. The smallest absolute Gasteiger partial charge is 0.132 e. The van der Waals surface area contributed by atoms with Crippen molar-refractivity contribution in [1.29, 1.82) is 0 Å². The van der Waals surface area contributed by atoms with Gasteiger partial charge in [-0.15, -0.1) is 0 Å². The molecule has 1 aliphatic heterocycles. The molecule has 0 spiro atoms. The van der Waals surface area contributed by atoms with Gasteiger partial charge in [0.25, 0.3) is 0 Å². The van der Waals surface area contributed by atoms with Crippen molar-refractivity contribution in [3.63, 3.8) is 0 Å². The van der Waals surface area contributed by atoms with Gasteiger partial charge in [0.1, 0.15) is 5.82 Å². The van der Waals surface area contributed by atoms with Crippen LogP contribution in [0.15, 0.2) is 91.1 Å². The first-order valence-electron chi connectivity index (χ1n) is 11.5. The third-order valence-corrected chi connectivity index (χ3v) is 6.11. The maximum atomic E-state index is 14.3. The molecule has 1 aliphatic carbocycles. The Morgan fingerprint density at radius 2 is 1.67 bits per heavy atom. The van der Waals surface area contributed by atoms with Gasteiger partial charge in [0.2, 0.25) is 0 Å². The molecule has 0 atom stereocenters. The van der Waals surface area contributed by atoms with Crippen LogP contribution in [-0.2, 0) is 0 Å². The zero-order chi connectivity index (χ0) is 22.5. The Kier molecular flexibility index (Phi) is 6.40. The van der Waals surface area contributed by atoms with Crippen molar-refractivity contribution in [2.75, 3.05) is 26.2 Å². The van der Waals surface area contributed by atoms with Crippen molar-refractivity contribution in [2.24, 2.45) is 0 Å². The average Bonchev–Trinajstić information content (AvgIpc) is 2.85. The van der Waals surface area contributed by atoms with Gasteiger partial charge in [-0.1, -0.05) is 30.4 Å². The summed E-state index contributed by atoms with van der Waals surface area (Å²) in [5, 5.41) is 3.42. The summed E-state index contributed by atoms with van der Waals surface area (Å²) in [6.45, 7) is 4.14. The zero-order valence-corrected chi connectivity index (χ0v) is 18.5. The summed E-state index contributed by atoms with van der Waals surface area (Å²) in [5.74, 6) is -0.271. The van der Waals surface area contributed by atoms with Gasteiger partial charge in [0.05, 0.1) is 5.69 Å². The fraction of sp³-hybridized carbons (Fsp3) is 0.214. The summed E-state index contributed by atoms with van der Waals surface area (Å²) in [6.07, 6.45) is 16.5. The molecule has 4 nitrogen and oxygen atoms in total. The Balaban J connectivity index is 1.42. The predicted molar refractivity (Wildman–Crippen MR) is 132 cm³/mol. The molecule has 1 N–H and O–H groups in total. The Bertz CT molecular complexity index is 1220. The molecule has 0 radical (unpaired) electrons. The molecule has 0 bridgehead atoms. The second-order valence-electron chi connectivity index (χ2n) is 8.31. The van der Waals surface area contributed by atoms with Crippen molar-refractivity contribution in [3.05, 3.63) is 102 Å². The van der Waals surface area contributed by atoms with Gasteiger partial charge in [0, 0.05) is 67.2 Å². The maximum absolute atomic E-state index is 14.3. The quantitative estimate of drug-likeness (QED) is 0.586. The first kappa shape index (κ1) is 21.3. The second-order valence-corrected chi connectivity index (χ2v) is 8.31. The van der Waals surface area contributed by atoms with Crippen LogP contribution < -0.4 is 5.32 Å². The SMILES string of the molecule is Fc1ccccc1-c1cc(-c2cncc(C3=CCCC=C(N4CCNCC4)C=C3)c2)ccn1. The standard InChI is InChI=1S/C28H27FN4/c29-27-8-4-3-7-26(27)28-18-22(11-12-32-28)24-17-23(19-31-20-24)21-5-1-2-6-25(10-9-21)33-15-13-30-14-16-33/h3-12,17-20,30H,1-2,13-16H2. The number of hydrogen-bond acceptors (Lipinski definition) is 4. The van der Waals surface area contributed by atoms with Crippen LogP contribution in [0, 0.1) is 5.82 Å². The predicted octanol–water partition coefficient (Wildman–Crippen LogP) is 5.47. The summed E-state index contributed by atoms with van der Waals surface area (Å²) >= 11 is 0. The molecule has 5 heteroatoms. The van der Waals surface area contributed by atoms with Crippen LogP contribution in [0.3, 0.4) is 0 Å². The molecule has 3 aromatic rings. The number of nitrogens with zero attached hydrogens (tertiary/aromatic N) is 3. The number of hydrogen-bond donors (Lipinski definition) is 1. The van der Waals surface area contributed by atoms with Crippen LogP contribution in [0.2, 0.25) is 0 Å². The third kappa shape index (κ3) is 4.94. The minimum Gasteiger partial charge on any atom is -0.369 e. The highest BCUT2D eigenvalue weighted by molar-refractivity contribution is 5.78. The van der Waals surface area contributed by atoms with E-state index in [-0.39, 0.29) is 5.82 Å². The van der Waals surface area contributed by atoms with Crippen LogP contribution in [0.5, 0.6) is 0 Å². The lowest BCUT2D eigenvalue weighted by atomic mass is 9.98. The first-order chi connectivity index (χ1) is 16.3. The highest BCUT2D eigenvalue weighted by atomic mass is 19.1. The maximum Gasteiger partial charge on any atom is 0.132 e. The zero-order valence-electron chi connectivity index (χ0n) is 18.5. The van der Waals surface area contributed by atoms with Crippen LogP contribution in [0.25, 0.3) is 28.0 Å². The average molecular weight is 439 g/mol. The molecule has 5 rings (SSSR count). The molecule has 3 heterocycles. The Morgan fingerprint density at radius 1 is 0.848 bits per heavy atom. The van der Waals surface area contributed by atoms with Gasteiger partial charge in [-0.2, -0.15) is 0 Å². The van der Waals surface area contributed by atoms with E-state index in [0.717, 1.165) is 55.7 Å². The lowest BCUT2D eigenvalue weighted by Crippen LogP contribution is -2.42. The van der Waals surface area contributed by atoms with Crippen molar-refractivity contribution in [1.82, 2.24) is 20.2 Å². The van der Waals surface area contributed by atoms with Crippen LogP contribution in [0.4, 0.5) is 4.39 Å². The lowest BCUT2D eigenvalue weighted by molar-refractivity contribution is 0.306. The Labute approximate surface area is 194 Å². The van der Waals surface area contributed by atoms with Gasteiger partial charge in [-0.25, -0.2) is 4.39 Å². The molecule has 1 saturated heterocycles. The molecule has 2 aliphatic rings. The number of allylic oxidation sites excluding steroid dienone is 5.